The van der Waals surface area contributed by atoms with Gasteiger partial charge in [0.2, 0.25) is 0 Å². The SMILES string of the molecule is Cc1ccc(-c2cc(C(=O)N[C@H](C)c3cnc(C)nc3)cc(C(O)c3ccccn3)c2)cc1. The highest BCUT2D eigenvalue weighted by Gasteiger charge is 2.18. The zero-order valence-electron chi connectivity index (χ0n) is 18.9. The average Bonchev–Trinajstić information content (AvgIpc) is 2.84. The first-order valence-corrected chi connectivity index (χ1v) is 10.8. The van der Waals surface area contributed by atoms with E-state index in [0.717, 1.165) is 22.3 Å². The van der Waals surface area contributed by atoms with Crippen LogP contribution in [-0.4, -0.2) is 26.0 Å². The van der Waals surface area contributed by atoms with Crippen LogP contribution in [-0.2, 0) is 0 Å². The van der Waals surface area contributed by atoms with Crippen molar-refractivity contribution in [2.24, 2.45) is 0 Å². The van der Waals surface area contributed by atoms with Gasteiger partial charge in [-0.05, 0) is 67.8 Å². The van der Waals surface area contributed by atoms with Crippen molar-refractivity contribution in [1.29, 1.82) is 0 Å². The summed E-state index contributed by atoms with van der Waals surface area (Å²) in [6.45, 7) is 5.73. The second kappa shape index (κ2) is 9.71. The quantitative estimate of drug-likeness (QED) is 0.454. The number of amides is 1. The number of aryl methyl sites for hydroxylation is 2. The van der Waals surface area contributed by atoms with Gasteiger partial charge in [0.1, 0.15) is 11.9 Å². The molecule has 2 aromatic heterocycles. The number of nitrogens with zero attached hydrogens (tertiary/aromatic N) is 3. The molecule has 2 atom stereocenters. The Hall–Kier alpha value is -3.90. The summed E-state index contributed by atoms with van der Waals surface area (Å²) in [6.07, 6.45) is 4.12. The molecule has 0 bridgehead atoms. The van der Waals surface area contributed by atoms with Gasteiger partial charge in [0, 0.05) is 29.7 Å². The van der Waals surface area contributed by atoms with Crippen molar-refractivity contribution in [3.05, 3.63) is 113 Å². The first-order valence-electron chi connectivity index (χ1n) is 10.8. The number of rotatable bonds is 6. The van der Waals surface area contributed by atoms with Crippen LogP contribution in [0.4, 0.5) is 0 Å². The third-order valence-electron chi connectivity index (χ3n) is 5.53. The highest BCUT2D eigenvalue weighted by molar-refractivity contribution is 5.96. The third kappa shape index (κ3) is 5.30. The van der Waals surface area contributed by atoms with Crippen molar-refractivity contribution in [2.75, 3.05) is 0 Å². The monoisotopic (exact) mass is 438 g/mol. The number of hydrogen-bond donors (Lipinski definition) is 2. The number of aromatic nitrogens is 3. The van der Waals surface area contributed by atoms with Gasteiger partial charge in [-0.3, -0.25) is 9.78 Å². The average molecular weight is 439 g/mol. The minimum absolute atomic E-state index is 0.244. The first kappa shape index (κ1) is 22.3. The summed E-state index contributed by atoms with van der Waals surface area (Å²) in [5.41, 5.74) is 5.35. The lowest BCUT2D eigenvalue weighted by atomic mass is 9.95. The summed E-state index contributed by atoms with van der Waals surface area (Å²) in [5.74, 6) is 0.433. The molecular weight excluding hydrogens is 412 g/mol. The van der Waals surface area contributed by atoms with E-state index in [-0.39, 0.29) is 11.9 Å². The normalized spacial score (nSPS) is 12.7. The number of carbonyl (C=O) groups excluding carboxylic acids is 1. The Morgan fingerprint density at radius 3 is 2.27 bits per heavy atom. The Labute approximate surface area is 193 Å². The molecule has 0 fully saturated rings. The number of benzene rings is 2. The number of hydrogen-bond acceptors (Lipinski definition) is 5. The summed E-state index contributed by atoms with van der Waals surface area (Å²) >= 11 is 0. The van der Waals surface area contributed by atoms with E-state index in [1.54, 1.807) is 36.8 Å². The highest BCUT2D eigenvalue weighted by atomic mass is 16.3. The van der Waals surface area contributed by atoms with Gasteiger partial charge in [0.15, 0.2) is 0 Å². The van der Waals surface area contributed by atoms with Crippen LogP contribution in [0.3, 0.4) is 0 Å². The maximum atomic E-state index is 13.2. The van der Waals surface area contributed by atoms with Crippen LogP contribution in [0.15, 0.2) is 79.3 Å². The summed E-state index contributed by atoms with van der Waals surface area (Å²) in [6, 6.07) is 18.6. The largest absolute Gasteiger partial charge is 0.382 e. The molecule has 2 aromatic carbocycles. The molecule has 1 unspecified atom stereocenters. The molecule has 0 spiro atoms. The van der Waals surface area contributed by atoms with Gasteiger partial charge in [0.25, 0.3) is 5.91 Å². The maximum Gasteiger partial charge on any atom is 0.251 e. The maximum absolute atomic E-state index is 13.2. The molecule has 1 amide bonds. The molecular formula is C27H26N4O2. The van der Waals surface area contributed by atoms with Crippen LogP contribution in [0.2, 0.25) is 0 Å². The molecule has 0 aliphatic heterocycles. The molecule has 2 heterocycles. The lowest BCUT2D eigenvalue weighted by Crippen LogP contribution is -2.27. The molecule has 4 rings (SSSR count). The van der Waals surface area contributed by atoms with Gasteiger partial charge < -0.3 is 10.4 Å². The zero-order valence-corrected chi connectivity index (χ0v) is 18.9. The minimum atomic E-state index is -0.953. The van der Waals surface area contributed by atoms with Crippen molar-refractivity contribution < 1.29 is 9.90 Å². The van der Waals surface area contributed by atoms with Crippen molar-refractivity contribution in [3.8, 4) is 11.1 Å². The molecule has 4 aromatic rings. The summed E-state index contributed by atoms with van der Waals surface area (Å²) in [7, 11) is 0. The Morgan fingerprint density at radius 1 is 0.879 bits per heavy atom. The van der Waals surface area contributed by atoms with E-state index in [9.17, 15) is 9.90 Å². The van der Waals surface area contributed by atoms with E-state index >= 15 is 0 Å². The molecule has 166 valence electrons. The fourth-order valence-corrected chi connectivity index (χ4v) is 3.55. The molecule has 0 saturated heterocycles. The predicted octanol–water partition coefficient (Wildman–Crippen LogP) is 4.73. The lowest BCUT2D eigenvalue weighted by molar-refractivity contribution is 0.0939. The van der Waals surface area contributed by atoms with E-state index in [1.807, 2.05) is 63.2 Å². The fraction of sp³-hybridized carbons (Fsp3) is 0.185. The number of aliphatic hydroxyl groups excluding tert-OH is 1. The van der Waals surface area contributed by atoms with Crippen molar-refractivity contribution in [2.45, 2.75) is 32.9 Å². The molecule has 6 heteroatoms. The van der Waals surface area contributed by atoms with Crippen LogP contribution >= 0.6 is 0 Å². The van der Waals surface area contributed by atoms with Gasteiger partial charge in [-0.15, -0.1) is 0 Å². The van der Waals surface area contributed by atoms with Gasteiger partial charge >= 0.3 is 0 Å². The van der Waals surface area contributed by atoms with E-state index in [1.165, 1.54) is 0 Å². The van der Waals surface area contributed by atoms with Crippen LogP contribution in [0.1, 0.15) is 57.6 Å². The van der Waals surface area contributed by atoms with E-state index < -0.39 is 6.10 Å². The standard InChI is InChI=1S/C27H26N4O2/c1-17-7-9-20(10-8-17)21-12-22(26(32)25-6-4-5-11-28-25)14-23(13-21)27(33)31-18(2)24-15-29-19(3)30-16-24/h4-16,18,26,32H,1-3H3,(H,31,33)/t18-,26?/m1/s1. The van der Waals surface area contributed by atoms with Gasteiger partial charge in [-0.25, -0.2) is 9.97 Å². The molecule has 0 aliphatic carbocycles. The Bertz CT molecular complexity index is 1240. The number of nitrogens with one attached hydrogen (secondary N) is 1. The van der Waals surface area contributed by atoms with E-state index in [4.69, 9.17) is 0 Å². The summed E-state index contributed by atoms with van der Waals surface area (Å²) in [4.78, 5) is 25.9. The van der Waals surface area contributed by atoms with Gasteiger partial charge in [0.05, 0.1) is 11.7 Å². The zero-order chi connectivity index (χ0) is 23.4. The van der Waals surface area contributed by atoms with Crippen LogP contribution in [0.5, 0.6) is 0 Å². The molecule has 0 saturated carbocycles. The van der Waals surface area contributed by atoms with Gasteiger partial charge in [-0.2, -0.15) is 0 Å². The van der Waals surface area contributed by atoms with E-state index in [2.05, 4.69) is 20.3 Å². The van der Waals surface area contributed by atoms with Crippen LogP contribution in [0, 0.1) is 13.8 Å². The molecule has 0 aliphatic rings. The minimum Gasteiger partial charge on any atom is -0.382 e. The van der Waals surface area contributed by atoms with Crippen molar-refractivity contribution >= 4 is 5.91 Å². The first-order chi connectivity index (χ1) is 15.9. The fourth-order valence-electron chi connectivity index (χ4n) is 3.55. The molecule has 2 N–H and O–H groups in total. The molecule has 6 nitrogen and oxygen atoms in total. The Morgan fingerprint density at radius 2 is 1.61 bits per heavy atom. The molecule has 33 heavy (non-hydrogen) atoms. The Kier molecular flexibility index (Phi) is 6.56. The third-order valence-corrected chi connectivity index (χ3v) is 5.53. The van der Waals surface area contributed by atoms with E-state index in [0.29, 0.717) is 22.6 Å². The highest BCUT2D eigenvalue weighted by Crippen LogP contribution is 2.28. The van der Waals surface area contributed by atoms with Gasteiger partial charge in [-0.1, -0.05) is 35.9 Å². The summed E-state index contributed by atoms with van der Waals surface area (Å²) in [5, 5.41) is 14.0. The molecule has 0 radical (unpaired) electrons. The number of carbonyl (C=O) groups is 1. The second-order valence-electron chi connectivity index (χ2n) is 8.13. The van der Waals surface area contributed by atoms with Crippen molar-refractivity contribution in [1.82, 2.24) is 20.3 Å². The number of aliphatic hydroxyl groups is 1. The lowest BCUT2D eigenvalue weighted by Gasteiger charge is -2.17. The smallest absolute Gasteiger partial charge is 0.251 e. The Balaban J connectivity index is 1.69. The van der Waals surface area contributed by atoms with Crippen LogP contribution in [0.25, 0.3) is 11.1 Å². The summed E-state index contributed by atoms with van der Waals surface area (Å²) < 4.78 is 0. The topological polar surface area (TPSA) is 88.0 Å². The predicted molar refractivity (Wildman–Crippen MR) is 128 cm³/mol. The number of pyridine rings is 1. The van der Waals surface area contributed by atoms with Crippen molar-refractivity contribution in [3.63, 3.8) is 0 Å². The van der Waals surface area contributed by atoms with Crippen LogP contribution < -0.4 is 5.32 Å². The second-order valence-corrected chi connectivity index (χ2v) is 8.13.